The number of hydrogen-bond donors (Lipinski definition) is 1. The van der Waals surface area contributed by atoms with E-state index in [1.807, 2.05) is 0 Å². The summed E-state index contributed by atoms with van der Waals surface area (Å²) < 4.78 is 44.1. The Balaban J connectivity index is 2.85. The fourth-order valence-electron chi connectivity index (χ4n) is 1.83. The van der Waals surface area contributed by atoms with Gasteiger partial charge in [0, 0.05) is 30.4 Å². The van der Waals surface area contributed by atoms with Crippen LogP contribution >= 0.6 is 11.8 Å². The van der Waals surface area contributed by atoms with Crippen LogP contribution < -0.4 is 5.73 Å². The molecule has 1 aromatic rings. The molecule has 0 aliphatic heterocycles. The van der Waals surface area contributed by atoms with Crippen molar-refractivity contribution in [3.8, 4) is 0 Å². The van der Waals surface area contributed by atoms with E-state index in [1.165, 1.54) is 23.9 Å². The highest BCUT2D eigenvalue weighted by atomic mass is 32.2. The first kappa shape index (κ1) is 17.3. The minimum atomic E-state index is -4.34. The third kappa shape index (κ3) is 5.73. The maximum Gasteiger partial charge on any atom is 0.416 e. The molecule has 2 nitrogen and oxygen atoms in total. The summed E-state index contributed by atoms with van der Waals surface area (Å²) in [6, 6.07) is 4.18. The van der Waals surface area contributed by atoms with Crippen LogP contribution in [0, 0.1) is 0 Å². The van der Waals surface area contributed by atoms with Gasteiger partial charge in [-0.3, -0.25) is 0 Å². The van der Waals surface area contributed by atoms with Gasteiger partial charge in [0.05, 0.1) is 5.56 Å². The third-order valence-corrected chi connectivity index (χ3v) is 3.77. The monoisotopic (exact) mass is 307 g/mol. The second kappa shape index (κ2) is 7.90. The molecule has 6 heteroatoms. The number of nitrogens with two attached hydrogens (primary N) is 1. The molecule has 0 aromatic heterocycles. The summed E-state index contributed by atoms with van der Waals surface area (Å²) in [5, 5.41) is 0. The molecular weight excluding hydrogens is 287 g/mol. The lowest BCUT2D eigenvalue weighted by Crippen LogP contribution is -2.20. The van der Waals surface area contributed by atoms with Gasteiger partial charge in [-0.15, -0.1) is 11.8 Å². The van der Waals surface area contributed by atoms with Gasteiger partial charge in [0.15, 0.2) is 0 Å². The number of rotatable bonds is 7. The molecule has 0 heterocycles. The summed E-state index contributed by atoms with van der Waals surface area (Å²) in [6.45, 7) is 2.31. The van der Waals surface area contributed by atoms with Gasteiger partial charge in [-0.2, -0.15) is 13.2 Å². The first-order chi connectivity index (χ1) is 9.34. The van der Waals surface area contributed by atoms with E-state index in [0.717, 1.165) is 12.2 Å². The Hall–Kier alpha value is -0.720. The largest absolute Gasteiger partial charge is 0.416 e. The zero-order valence-electron chi connectivity index (χ0n) is 11.7. The van der Waals surface area contributed by atoms with E-state index in [4.69, 9.17) is 10.5 Å². The molecule has 0 amide bonds. The molecule has 0 aliphatic rings. The van der Waals surface area contributed by atoms with Crippen LogP contribution in [0.5, 0.6) is 0 Å². The summed E-state index contributed by atoms with van der Waals surface area (Å²) in [5.74, 6) is 0.734. The quantitative estimate of drug-likeness (QED) is 0.616. The van der Waals surface area contributed by atoms with Crippen LogP contribution in [-0.2, 0) is 17.3 Å². The molecule has 20 heavy (non-hydrogen) atoms. The van der Waals surface area contributed by atoms with Gasteiger partial charge in [0.25, 0.3) is 0 Å². The molecule has 0 saturated heterocycles. The van der Waals surface area contributed by atoms with Crippen molar-refractivity contribution >= 4 is 11.8 Å². The Bertz CT molecular complexity index is 421. The molecule has 0 saturated carbocycles. The van der Waals surface area contributed by atoms with Crippen molar-refractivity contribution in [3.05, 3.63) is 29.3 Å². The minimum Gasteiger partial charge on any atom is -0.385 e. The van der Waals surface area contributed by atoms with Gasteiger partial charge in [0.1, 0.15) is 0 Å². The van der Waals surface area contributed by atoms with Gasteiger partial charge in [0.2, 0.25) is 0 Å². The molecule has 1 rings (SSSR count). The normalized spacial score (nSPS) is 13.5. The van der Waals surface area contributed by atoms with E-state index < -0.39 is 11.7 Å². The lowest BCUT2D eigenvalue weighted by atomic mass is 10.0. The molecule has 0 spiro atoms. The van der Waals surface area contributed by atoms with Crippen LogP contribution in [0.4, 0.5) is 13.2 Å². The van der Waals surface area contributed by atoms with Crippen molar-refractivity contribution < 1.29 is 17.9 Å². The number of ether oxygens (including phenoxy) is 1. The first-order valence-electron chi connectivity index (χ1n) is 6.42. The smallest absolute Gasteiger partial charge is 0.385 e. The van der Waals surface area contributed by atoms with Gasteiger partial charge in [-0.1, -0.05) is 6.07 Å². The van der Waals surface area contributed by atoms with Gasteiger partial charge >= 0.3 is 6.18 Å². The van der Waals surface area contributed by atoms with E-state index in [0.29, 0.717) is 11.5 Å². The van der Waals surface area contributed by atoms with Crippen LogP contribution in [0.25, 0.3) is 0 Å². The molecule has 114 valence electrons. The number of alkyl halides is 3. The Labute approximate surface area is 121 Å². The number of methoxy groups -OCH3 is 1. The lowest BCUT2D eigenvalue weighted by Gasteiger charge is -2.15. The number of hydrogen-bond acceptors (Lipinski definition) is 3. The van der Waals surface area contributed by atoms with Crippen molar-refractivity contribution in [3.63, 3.8) is 0 Å². The summed E-state index contributed by atoms with van der Waals surface area (Å²) in [6.07, 6.45) is -3.30. The number of benzene rings is 1. The lowest BCUT2D eigenvalue weighted by molar-refractivity contribution is -0.138. The zero-order valence-corrected chi connectivity index (χ0v) is 12.5. The second-order valence-electron chi connectivity index (χ2n) is 4.69. The number of halogens is 3. The topological polar surface area (TPSA) is 35.2 Å². The maximum absolute atomic E-state index is 13.1. The second-order valence-corrected chi connectivity index (χ2v) is 5.86. The molecule has 0 radical (unpaired) electrons. The molecule has 1 atom stereocenters. The van der Waals surface area contributed by atoms with Crippen LogP contribution in [0.3, 0.4) is 0 Å². The minimum absolute atomic E-state index is 0.226. The Morgan fingerprint density at radius 1 is 1.35 bits per heavy atom. The molecule has 0 bridgehead atoms. The highest BCUT2D eigenvalue weighted by Gasteiger charge is 2.33. The van der Waals surface area contributed by atoms with E-state index in [9.17, 15) is 13.2 Å². The van der Waals surface area contributed by atoms with E-state index in [-0.39, 0.29) is 18.0 Å². The first-order valence-corrected chi connectivity index (χ1v) is 7.40. The summed E-state index contributed by atoms with van der Waals surface area (Å²) in [5.41, 5.74) is 5.28. The Kier molecular flexibility index (Phi) is 6.85. The van der Waals surface area contributed by atoms with Crippen molar-refractivity contribution in [1.82, 2.24) is 0 Å². The van der Waals surface area contributed by atoms with Gasteiger partial charge in [-0.05, 0) is 37.5 Å². The van der Waals surface area contributed by atoms with Crippen molar-refractivity contribution in [1.29, 1.82) is 0 Å². The van der Waals surface area contributed by atoms with Crippen molar-refractivity contribution in [2.45, 2.75) is 36.9 Å². The average molecular weight is 307 g/mol. The molecule has 0 fully saturated rings. The molecule has 0 aliphatic carbocycles. The summed E-state index contributed by atoms with van der Waals surface area (Å²) in [4.78, 5) is 0.627. The van der Waals surface area contributed by atoms with Crippen LogP contribution in [0.2, 0.25) is 0 Å². The van der Waals surface area contributed by atoms with Crippen molar-refractivity contribution in [2.24, 2.45) is 5.73 Å². The van der Waals surface area contributed by atoms with Gasteiger partial charge < -0.3 is 10.5 Å². The highest BCUT2D eigenvalue weighted by Crippen LogP contribution is 2.35. The van der Waals surface area contributed by atoms with Crippen LogP contribution in [0.15, 0.2) is 23.1 Å². The predicted molar refractivity (Wildman–Crippen MR) is 76.0 cm³/mol. The van der Waals surface area contributed by atoms with Crippen LogP contribution in [-0.4, -0.2) is 25.5 Å². The predicted octanol–water partition coefficient (Wildman–Crippen LogP) is 3.72. The average Bonchev–Trinajstić information content (AvgIpc) is 2.34. The molecule has 1 aromatic carbocycles. The van der Waals surface area contributed by atoms with E-state index in [2.05, 4.69) is 0 Å². The number of thioether (sulfide) groups is 1. The zero-order chi connectivity index (χ0) is 15.2. The summed E-state index contributed by atoms with van der Waals surface area (Å²) >= 11 is 1.41. The third-order valence-electron chi connectivity index (χ3n) is 2.69. The van der Waals surface area contributed by atoms with E-state index in [1.54, 1.807) is 20.1 Å². The highest BCUT2D eigenvalue weighted by molar-refractivity contribution is 7.99. The molecular formula is C14H20F3NOS. The fourth-order valence-corrected chi connectivity index (χ4v) is 2.69. The SMILES string of the molecule is COCCCSc1ccc(CC(C)N)c(C(F)(F)F)c1. The van der Waals surface area contributed by atoms with E-state index >= 15 is 0 Å². The standard InChI is InChI=1S/C14H20F3NOS/c1-10(18)8-11-4-5-12(20-7-3-6-19-2)9-13(11)14(15,16)17/h4-5,9-10H,3,6-8,18H2,1-2H3. The van der Waals surface area contributed by atoms with Gasteiger partial charge in [-0.25, -0.2) is 0 Å². The summed E-state index contributed by atoms with van der Waals surface area (Å²) in [7, 11) is 1.61. The molecule has 2 N–H and O–H groups in total. The van der Waals surface area contributed by atoms with Crippen LogP contribution in [0.1, 0.15) is 24.5 Å². The molecule has 1 unspecified atom stereocenters. The Morgan fingerprint density at radius 2 is 2.05 bits per heavy atom. The fraction of sp³-hybridized carbons (Fsp3) is 0.571. The Morgan fingerprint density at radius 3 is 2.60 bits per heavy atom. The maximum atomic E-state index is 13.1. The van der Waals surface area contributed by atoms with Crippen molar-refractivity contribution in [2.75, 3.05) is 19.5 Å².